The lowest BCUT2D eigenvalue weighted by atomic mass is 9.87. The summed E-state index contributed by atoms with van der Waals surface area (Å²) in [7, 11) is 0. The highest BCUT2D eigenvalue weighted by Crippen LogP contribution is 2.48. The molecule has 10 rings (SSSR count). The van der Waals surface area contributed by atoms with Gasteiger partial charge in [-0.05, 0) is 97.0 Å². The van der Waals surface area contributed by atoms with Crippen LogP contribution in [-0.2, 0) is 0 Å². The van der Waals surface area contributed by atoms with E-state index in [9.17, 15) is 0 Å². The molecule has 0 radical (unpaired) electrons. The van der Waals surface area contributed by atoms with Gasteiger partial charge in [-0.3, -0.25) is 0 Å². The van der Waals surface area contributed by atoms with Crippen molar-refractivity contribution in [3.8, 4) is 22.3 Å². The van der Waals surface area contributed by atoms with Gasteiger partial charge in [-0.25, -0.2) is 0 Å². The summed E-state index contributed by atoms with van der Waals surface area (Å²) in [6.45, 7) is 14.3. The molecule has 308 valence electrons. The topological polar surface area (TPSA) is 15.3 Å². The van der Waals surface area contributed by atoms with Crippen molar-refractivity contribution < 1.29 is 0 Å². The molecule has 0 saturated heterocycles. The van der Waals surface area contributed by atoms with Gasteiger partial charge in [0.25, 0.3) is 0 Å². The van der Waals surface area contributed by atoms with E-state index in [0.29, 0.717) is 0 Å². The Hall–Kier alpha value is -6.55. The smallest absolute Gasteiger partial charge is 0.0543 e. The molecule has 3 heteroatoms. The number of anilines is 5. The third-order valence-corrected chi connectivity index (χ3v) is 10.1. The third-order valence-electron chi connectivity index (χ3n) is 10.1. The SMILES string of the molecule is CC.CC.CS.Cc1ccc2c3c(ccc2c1)-c1ccc(-c2ccc(N(c4ccccc4)c4ccccc4)cc2)c2cccc(c12)N3.Cc1ccccc1.Cc1ccccc1. The van der Waals surface area contributed by atoms with Crippen LogP contribution in [0, 0.1) is 20.8 Å². The Kier molecular flexibility index (Phi) is 17.4. The van der Waals surface area contributed by atoms with Crippen molar-refractivity contribution in [3.63, 3.8) is 0 Å². The Morgan fingerprint density at radius 1 is 0.377 bits per heavy atom. The number of aryl methyl sites for hydroxylation is 3. The van der Waals surface area contributed by atoms with Crippen LogP contribution in [-0.4, -0.2) is 6.26 Å². The Bertz CT molecular complexity index is 2600. The first-order valence-corrected chi connectivity index (χ1v) is 22.3. The molecule has 0 amide bonds. The summed E-state index contributed by atoms with van der Waals surface area (Å²) in [5, 5.41) is 8.87. The number of nitrogens with one attached hydrogen (secondary N) is 1. The number of rotatable bonds is 4. The number of hydrogen-bond donors (Lipinski definition) is 2. The predicted molar refractivity (Wildman–Crippen MR) is 275 cm³/mol. The Labute approximate surface area is 371 Å². The van der Waals surface area contributed by atoms with Crippen LogP contribution < -0.4 is 10.2 Å². The van der Waals surface area contributed by atoms with E-state index >= 15 is 0 Å². The maximum absolute atomic E-state index is 3.80. The molecular formula is C58H60N2S. The van der Waals surface area contributed by atoms with Gasteiger partial charge in [0.05, 0.1) is 5.69 Å². The average Bonchev–Trinajstić information content (AvgIpc) is 3.33. The molecule has 2 nitrogen and oxygen atoms in total. The van der Waals surface area contributed by atoms with Gasteiger partial charge in [0.2, 0.25) is 0 Å². The second-order valence-corrected chi connectivity index (χ2v) is 14.1. The van der Waals surface area contributed by atoms with E-state index < -0.39 is 0 Å². The molecule has 0 spiro atoms. The normalized spacial score (nSPS) is 10.2. The van der Waals surface area contributed by atoms with Gasteiger partial charge in [-0.2, -0.15) is 12.6 Å². The van der Waals surface area contributed by atoms with Crippen molar-refractivity contribution in [2.75, 3.05) is 16.5 Å². The summed E-state index contributed by atoms with van der Waals surface area (Å²) in [6, 6.07) is 73.0. The van der Waals surface area contributed by atoms with E-state index in [4.69, 9.17) is 0 Å². The van der Waals surface area contributed by atoms with Gasteiger partial charge in [0, 0.05) is 39.1 Å². The summed E-state index contributed by atoms with van der Waals surface area (Å²) < 4.78 is 0. The van der Waals surface area contributed by atoms with E-state index in [1.54, 1.807) is 6.26 Å². The summed E-state index contributed by atoms with van der Waals surface area (Å²) in [4.78, 5) is 2.30. The minimum Gasteiger partial charge on any atom is -0.354 e. The van der Waals surface area contributed by atoms with Crippen molar-refractivity contribution in [1.82, 2.24) is 0 Å². The van der Waals surface area contributed by atoms with Crippen LogP contribution >= 0.6 is 12.6 Å². The first kappa shape index (κ1) is 45.5. The standard InChI is InChI=1S/C39H28N2.2C7H8.2C2H6.CH4S/c1-26-15-21-33-28(25-26)18-22-36-35-24-23-32(34-13-8-14-37(38(34)35)40-39(33)36)27-16-19-31(20-17-27)41(29-9-4-2-5-10-29)30-11-6-3-7-12-30;2*1-7-5-3-2-4-6-7;3*1-2/h2-25,40H,1H3;2*2-6H,1H3;2*1-2H3;2H,1H3. The zero-order chi connectivity index (χ0) is 43.6. The Morgan fingerprint density at radius 2 is 0.852 bits per heavy atom. The highest BCUT2D eigenvalue weighted by Gasteiger charge is 2.22. The molecule has 1 aliphatic heterocycles. The highest BCUT2D eigenvalue weighted by atomic mass is 32.1. The molecule has 9 aromatic carbocycles. The van der Waals surface area contributed by atoms with E-state index in [-0.39, 0.29) is 0 Å². The van der Waals surface area contributed by atoms with Crippen molar-refractivity contribution >= 4 is 62.6 Å². The van der Waals surface area contributed by atoms with Crippen LogP contribution in [0.15, 0.2) is 206 Å². The molecule has 0 aliphatic carbocycles. The maximum Gasteiger partial charge on any atom is 0.0543 e. The van der Waals surface area contributed by atoms with Crippen LogP contribution in [0.4, 0.5) is 28.4 Å². The second-order valence-electron chi connectivity index (χ2n) is 14.1. The molecule has 0 fully saturated rings. The van der Waals surface area contributed by atoms with E-state index in [0.717, 1.165) is 22.7 Å². The summed E-state index contributed by atoms with van der Waals surface area (Å²) in [5.74, 6) is 0. The second kappa shape index (κ2) is 23.3. The number of para-hydroxylation sites is 2. The molecule has 0 atom stereocenters. The zero-order valence-corrected chi connectivity index (χ0v) is 37.9. The fourth-order valence-electron chi connectivity index (χ4n) is 7.39. The van der Waals surface area contributed by atoms with Gasteiger partial charge in [0.15, 0.2) is 0 Å². The van der Waals surface area contributed by atoms with Crippen molar-refractivity contribution in [2.24, 2.45) is 0 Å². The van der Waals surface area contributed by atoms with E-state index in [2.05, 4.69) is 213 Å². The van der Waals surface area contributed by atoms with Crippen molar-refractivity contribution in [1.29, 1.82) is 0 Å². The number of nitrogens with zero attached hydrogens (tertiary/aromatic N) is 1. The molecule has 61 heavy (non-hydrogen) atoms. The summed E-state index contributed by atoms with van der Waals surface area (Å²) >= 11 is 3.53. The largest absolute Gasteiger partial charge is 0.354 e. The van der Waals surface area contributed by atoms with E-state index in [1.807, 2.05) is 64.1 Å². The summed E-state index contributed by atoms with van der Waals surface area (Å²) in [5.41, 5.74) is 14.7. The van der Waals surface area contributed by atoms with Crippen LogP contribution in [0.3, 0.4) is 0 Å². The fraction of sp³-hybridized carbons (Fsp3) is 0.138. The van der Waals surface area contributed by atoms with Gasteiger partial charge in [-0.1, -0.05) is 208 Å². The fourth-order valence-corrected chi connectivity index (χ4v) is 7.39. The molecule has 1 heterocycles. The van der Waals surface area contributed by atoms with Crippen LogP contribution in [0.25, 0.3) is 43.8 Å². The Morgan fingerprint density at radius 3 is 1.36 bits per heavy atom. The molecule has 0 bridgehead atoms. The number of hydrogen-bond acceptors (Lipinski definition) is 3. The third kappa shape index (κ3) is 11.2. The average molecular weight is 817 g/mol. The van der Waals surface area contributed by atoms with Gasteiger partial charge in [0.1, 0.15) is 0 Å². The Balaban J connectivity index is 0.000000294. The minimum absolute atomic E-state index is 1.13. The monoisotopic (exact) mass is 816 g/mol. The molecule has 1 N–H and O–H groups in total. The van der Waals surface area contributed by atoms with Crippen LogP contribution in [0.2, 0.25) is 0 Å². The van der Waals surface area contributed by atoms with Crippen LogP contribution in [0.5, 0.6) is 0 Å². The molecule has 0 aromatic heterocycles. The van der Waals surface area contributed by atoms with Crippen molar-refractivity contribution in [3.05, 3.63) is 223 Å². The first-order chi connectivity index (χ1) is 30.0. The predicted octanol–water partition coefficient (Wildman–Crippen LogP) is 17.8. The molecule has 1 aliphatic rings. The lowest BCUT2D eigenvalue weighted by Crippen LogP contribution is -2.09. The lowest BCUT2D eigenvalue weighted by molar-refractivity contribution is 1.28. The number of fused-ring (bicyclic) bond motifs is 4. The zero-order valence-electron chi connectivity index (χ0n) is 37.0. The molecule has 9 aromatic rings. The summed E-state index contributed by atoms with van der Waals surface area (Å²) in [6.07, 6.45) is 1.69. The maximum atomic E-state index is 3.80. The molecular weight excluding hydrogens is 757 g/mol. The number of benzene rings is 9. The molecule has 0 unspecified atom stereocenters. The van der Waals surface area contributed by atoms with Gasteiger partial charge < -0.3 is 10.2 Å². The van der Waals surface area contributed by atoms with Gasteiger partial charge in [-0.15, -0.1) is 0 Å². The minimum atomic E-state index is 1.13. The van der Waals surface area contributed by atoms with Gasteiger partial charge >= 0.3 is 0 Å². The first-order valence-electron chi connectivity index (χ1n) is 21.4. The van der Waals surface area contributed by atoms with E-state index in [1.165, 1.54) is 66.2 Å². The highest BCUT2D eigenvalue weighted by molar-refractivity contribution is 7.79. The lowest BCUT2D eigenvalue weighted by Gasteiger charge is -2.26. The van der Waals surface area contributed by atoms with Crippen molar-refractivity contribution in [2.45, 2.75) is 48.5 Å². The number of thiol groups is 1. The quantitative estimate of drug-likeness (QED) is 0.172. The van der Waals surface area contributed by atoms with Crippen LogP contribution in [0.1, 0.15) is 44.4 Å². The molecule has 0 saturated carbocycles.